The van der Waals surface area contributed by atoms with Gasteiger partial charge in [-0.1, -0.05) is 36.4 Å². The summed E-state index contributed by atoms with van der Waals surface area (Å²) in [6.07, 6.45) is 0.207. The monoisotopic (exact) mass is 420 g/mol. The van der Waals surface area contributed by atoms with Crippen LogP contribution in [0.3, 0.4) is 0 Å². The summed E-state index contributed by atoms with van der Waals surface area (Å²) in [4.78, 5) is 24.4. The van der Waals surface area contributed by atoms with Crippen molar-refractivity contribution in [3.05, 3.63) is 78.9 Å². The third-order valence-electron chi connectivity index (χ3n) is 4.20. The van der Waals surface area contributed by atoms with Crippen molar-refractivity contribution in [3.8, 4) is 17.2 Å². The summed E-state index contributed by atoms with van der Waals surface area (Å²) < 4.78 is 16.2. The van der Waals surface area contributed by atoms with Gasteiger partial charge in [0, 0.05) is 11.4 Å². The molecule has 2 amide bonds. The lowest BCUT2D eigenvalue weighted by Crippen LogP contribution is -2.20. The van der Waals surface area contributed by atoms with Crippen LogP contribution in [0.4, 0.5) is 11.4 Å². The maximum atomic E-state index is 12.2. The molecule has 0 aliphatic heterocycles. The van der Waals surface area contributed by atoms with E-state index in [1.54, 1.807) is 42.5 Å². The second-order valence-corrected chi connectivity index (χ2v) is 6.53. The summed E-state index contributed by atoms with van der Waals surface area (Å²) in [5, 5.41) is 5.54. The van der Waals surface area contributed by atoms with Crippen LogP contribution >= 0.6 is 0 Å². The zero-order valence-electron chi connectivity index (χ0n) is 17.2. The molecule has 0 unspecified atom stereocenters. The molecule has 31 heavy (non-hydrogen) atoms. The van der Waals surface area contributed by atoms with Gasteiger partial charge < -0.3 is 24.8 Å². The van der Waals surface area contributed by atoms with Crippen LogP contribution in [0.2, 0.25) is 0 Å². The molecule has 7 heteroatoms. The number of hydrogen-bond donors (Lipinski definition) is 2. The Labute approximate surface area is 180 Å². The van der Waals surface area contributed by atoms with Crippen LogP contribution in [-0.4, -0.2) is 32.1 Å². The summed E-state index contributed by atoms with van der Waals surface area (Å²) in [5.74, 6) is 1.25. The Morgan fingerprint density at radius 1 is 0.742 bits per heavy atom. The Morgan fingerprint density at radius 2 is 1.39 bits per heavy atom. The fourth-order valence-corrected chi connectivity index (χ4v) is 2.75. The smallest absolute Gasteiger partial charge is 0.262 e. The van der Waals surface area contributed by atoms with Crippen molar-refractivity contribution in [2.75, 3.05) is 31.0 Å². The van der Waals surface area contributed by atoms with E-state index in [2.05, 4.69) is 10.6 Å². The quantitative estimate of drug-likeness (QED) is 0.515. The molecule has 0 spiro atoms. The molecule has 0 saturated heterocycles. The molecule has 2 N–H and O–H groups in total. The minimum absolute atomic E-state index is 0.173. The van der Waals surface area contributed by atoms with Gasteiger partial charge in [0.05, 0.1) is 20.1 Å². The average molecular weight is 420 g/mol. The molecular weight excluding hydrogens is 396 g/mol. The molecule has 0 aliphatic rings. The predicted molar refractivity (Wildman–Crippen MR) is 119 cm³/mol. The first-order chi connectivity index (χ1) is 15.1. The summed E-state index contributed by atoms with van der Waals surface area (Å²) in [7, 11) is 1.54. The molecule has 3 rings (SSSR count). The maximum Gasteiger partial charge on any atom is 0.262 e. The zero-order chi connectivity index (χ0) is 21.9. The van der Waals surface area contributed by atoms with Gasteiger partial charge in [-0.2, -0.15) is 0 Å². The molecule has 0 radical (unpaired) electrons. The zero-order valence-corrected chi connectivity index (χ0v) is 17.2. The molecular formula is C24H24N2O5. The normalized spacial score (nSPS) is 10.1. The number of amides is 2. The van der Waals surface area contributed by atoms with Crippen molar-refractivity contribution in [1.29, 1.82) is 0 Å². The Hall–Kier alpha value is -4.00. The number of anilines is 2. The number of methoxy groups -OCH3 is 1. The van der Waals surface area contributed by atoms with E-state index in [1.165, 1.54) is 7.11 Å². The van der Waals surface area contributed by atoms with E-state index in [9.17, 15) is 9.59 Å². The number of carbonyl (C=O) groups is 2. The predicted octanol–water partition coefficient (Wildman–Crippen LogP) is 4.12. The number of nitrogens with one attached hydrogen (secondary N) is 2. The SMILES string of the molecule is COc1ccccc1OCC(=O)Nc1cccc(NC(=O)CCOc2ccccc2)c1. The minimum atomic E-state index is -0.328. The number of para-hydroxylation sites is 3. The van der Waals surface area contributed by atoms with Crippen LogP contribution in [0.15, 0.2) is 78.9 Å². The van der Waals surface area contributed by atoms with Gasteiger partial charge in [-0.05, 0) is 42.5 Å². The fourth-order valence-electron chi connectivity index (χ4n) is 2.75. The fraction of sp³-hybridized carbons (Fsp3) is 0.167. The van der Waals surface area contributed by atoms with Crippen molar-refractivity contribution in [2.24, 2.45) is 0 Å². The molecule has 3 aromatic rings. The maximum absolute atomic E-state index is 12.2. The van der Waals surface area contributed by atoms with Crippen LogP contribution in [-0.2, 0) is 9.59 Å². The second-order valence-electron chi connectivity index (χ2n) is 6.53. The topological polar surface area (TPSA) is 85.9 Å². The van der Waals surface area contributed by atoms with Crippen LogP contribution < -0.4 is 24.8 Å². The highest BCUT2D eigenvalue weighted by molar-refractivity contribution is 5.94. The lowest BCUT2D eigenvalue weighted by atomic mass is 10.2. The first-order valence-electron chi connectivity index (χ1n) is 9.77. The first-order valence-corrected chi connectivity index (χ1v) is 9.77. The first kappa shape index (κ1) is 21.7. The van der Waals surface area contributed by atoms with Crippen molar-refractivity contribution < 1.29 is 23.8 Å². The van der Waals surface area contributed by atoms with Crippen LogP contribution in [0.5, 0.6) is 17.2 Å². The van der Waals surface area contributed by atoms with Gasteiger partial charge in [-0.3, -0.25) is 9.59 Å². The van der Waals surface area contributed by atoms with Gasteiger partial charge in [0.1, 0.15) is 5.75 Å². The average Bonchev–Trinajstić information content (AvgIpc) is 2.79. The Morgan fingerprint density at radius 3 is 2.10 bits per heavy atom. The van der Waals surface area contributed by atoms with Crippen molar-refractivity contribution in [1.82, 2.24) is 0 Å². The number of ether oxygens (including phenoxy) is 3. The standard InChI is InChI=1S/C24H24N2O5/c1-29-21-12-5-6-13-22(21)31-17-24(28)26-19-9-7-8-18(16-19)25-23(27)14-15-30-20-10-3-2-4-11-20/h2-13,16H,14-15,17H2,1H3,(H,25,27)(H,26,28). The van der Waals surface area contributed by atoms with Gasteiger partial charge in [0.25, 0.3) is 5.91 Å². The number of benzene rings is 3. The summed E-state index contributed by atoms with van der Waals surface area (Å²) in [5.41, 5.74) is 1.13. The van der Waals surface area contributed by atoms with Crippen LogP contribution in [0.25, 0.3) is 0 Å². The van der Waals surface area contributed by atoms with E-state index in [-0.39, 0.29) is 31.4 Å². The van der Waals surface area contributed by atoms with E-state index in [1.807, 2.05) is 36.4 Å². The highest BCUT2D eigenvalue weighted by atomic mass is 16.5. The van der Waals surface area contributed by atoms with E-state index >= 15 is 0 Å². The molecule has 0 aliphatic carbocycles. The Bertz CT molecular complexity index is 1010. The third kappa shape index (κ3) is 7.08. The molecule has 0 heterocycles. The Balaban J connectivity index is 1.45. The lowest BCUT2D eigenvalue weighted by Gasteiger charge is -2.11. The van der Waals surface area contributed by atoms with Crippen molar-refractivity contribution in [3.63, 3.8) is 0 Å². The summed E-state index contributed by atoms with van der Waals surface area (Å²) in [6.45, 7) is 0.0976. The summed E-state index contributed by atoms with van der Waals surface area (Å²) in [6, 6.07) is 23.3. The van der Waals surface area contributed by atoms with Gasteiger partial charge in [0.2, 0.25) is 5.91 Å². The van der Waals surface area contributed by atoms with E-state index in [4.69, 9.17) is 14.2 Å². The van der Waals surface area contributed by atoms with Gasteiger partial charge in [0.15, 0.2) is 18.1 Å². The Kier molecular flexibility index (Phi) is 7.88. The van der Waals surface area contributed by atoms with Crippen LogP contribution in [0.1, 0.15) is 6.42 Å². The highest BCUT2D eigenvalue weighted by Gasteiger charge is 2.09. The van der Waals surface area contributed by atoms with E-state index < -0.39 is 0 Å². The van der Waals surface area contributed by atoms with Crippen molar-refractivity contribution in [2.45, 2.75) is 6.42 Å². The number of carbonyl (C=O) groups excluding carboxylic acids is 2. The number of rotatable bonds is 10. The second kappa shape index (κ2) is 11.3. The van der Waals surface area contributed by atoms with Crippen LogP contribution in [0, 0.1) is 0 Å². The summed E-state index contributed by atoms with van der Waals surface area (Å²) >= 11 is 0. The molecule has 0 atom stereocenters. The van der Waals surface area contributed by atoms with E-state index in [0.29, 0.717) is 22.9 Å². The largest absolute Gasteiger partial charge is 0.493 e. The molecule has 0 bridgehead atoms. The van der Waals surface area contributed by atoms with Gasteiger partial charge in [-0.15, -0.1) is 0 Å². The van der Waals surface area contributed by atoms with Gasteiger partial charge >= 0.3 is 0 Å². The van der Waals surface area contributed by atoms with E-state index in [0.717, 1.165) is 5.75 Å². The highest BCUT2D eigenvalue weighted by Crippen LogP contribution is 2.25. The third-order valence-corrected chi connectivity index (χ3v) is 4.20. The molecule has 0 aromatic heterocycles. The molecule has 0 fully saturated rings. The number of hydrogen-bond acceptors (Lipinski definition) is 5. The van der Waals surface area contributed by atoms with Gasteiger partial charge in [-0.25, -0.2) is 0 Å². The molecule has 160 valence electrons. The van der Waals surface area contributed by atoms with Crippen molar-refractivity contribution >= 4 is 23.2 Å². The molecule has 7 nitrogen and oxygen atoms in total. The minimum Gasteiger partial charge on any atom is -0.493 e. The molecule has 3 aromatic carbocycles. The molecule has 0 saturated carbocycles. The lowest BCUT2D eigenvalue weighted by molar-refractivity contribution is -0.118.